The van der Waals surface area contributed by atoms with Crippen molar-refractivity contribution in [1.29, 1.82) is 5.26 Å². The lowest BCUT2D eigenvalue weighted by atomic mass is 10.00. The molecular weight excluding hydrogens is 288 g/mol. The standard InChI is InChI=1S/C19H16N2O2/c1-13-16(7-5-9-18(13)23-2)19(22)21-15(12-20)11-10-14-6-3-4-8-17(14)21/h3-11,15H,1-2H3. The minimum Gasteiger partial charge on any atom is -0.496 e. The third-order valence-corrected chi connectivity index (χ3v) is 4.02. The van der Waals surface area contributed by atoms with Crippen molar-refractivity contribution in [2.75, 3.05) is 12.0 Å². The summed E-state index contributed by atoms with van der Waals surface area (Å²) in [7, 11) is 1.58. The third kappa shape index (κ3) is 2.47. The quantitative estimate of drug-likeness (QED) is 0.852. The number of ether oxygens (including phenoxy) is 1. The van der Waals surface area contributed by atoms with Gasteiger partial charge in [-0.2, -0.15) is 5.26 Å². The van der Waals surface area contributed by atoms with Gasteiger partial charge in [0, 0.05) is 11.1 Å². The fourth-order valence-electron chi connectivity index (χ4n) is 2.81. The highest BCUT2D eigenvalue weighted by Gasteiger charge is 2.29. The molecule has 4 nitrogen and oxygen atoms in total. The molecule has 114 valence electrons. The van der Waals surface area contributed by atoms with Crippen molar-refractivity contribution in [3.63, 3.8) is 0 Å². The van der Waals surface area contributed by atoms with Crippen LogP contribution in [0.25, 0.3) is 6.08 Å². The maximum absolute atomic E-state index is 13.1. The number of hydrogen-bond acceptors (Lipinski definition) is 3. The van der Waals surface area contributed by atoms with E-state index < -0.39 is 6.04 Å². The monoisotopic (exact) mass is 304 g/mol. The van der Waals surface area contributed by atoms with Crippen molar-refractivity contribution >= 4 is 17.7 Å². The molecule has 0 saturated heterocycles. The van der Waals surface area contributed by atoms with Crippen LogP contribution in [0.5, 0.6) is 5.75 Å². The maximum atomic E-state index is 13.1. The van der Waals surface area contributed by atoms with Gasteiger partial charge in [0.05, 0.1) is 18.9 Å². The summed E-state index contributed by atoms with van der Waals surface area (Å²) in [6.45, 7) is 1.85. The molecule has 1 unspecified atom stereocenters. The second kappa shape index (κ2) is 5.98. The predicted octanol–water partition coefficient (Wildman–Crippen LogP) is 3.57. The van der Waals surface area contributed by atoms with E-state index in [9.17, 15) is 10.1 Å². The van der Waals surface area contributed by atoms with Crippen LogP contribution < -0.4 is 9.64 Å². The van der Waals surface area contributed by atoms with Crippen LogP contribution in [0, 0.1) is 18.3 Å². The lowest BCUT2D eigenvalue weighted by Crippen LogP contribution is -2.40. The van der Waals surface area contributed by atoms with E-state index >= 15 is 0 Å². The summed E-state index contributed by atoms with van der Waals surface area (Å²) in [4.78, 5) is 14.6. The maximum Gasteiger partial charge on any atom is 0.260 e. The molecule has 0 fully saturated rings. The van der Waals surface area contributed by atoms with Gasteiger partial charge in [0.15, 0.2) is 0 Å². The fraction of sp³-hybridized carbons (Fsp3) is 0.158. The summed E-state index contributed by atoms with van der Waals surface area (Å²) < 4.78 is 5.30. The third-order valence-electron chi connectivity index (χ3n) is 4.02. The van der Waals surface area contributed by atoms with Gasteiger partial charge < -0.3 is 4.74 Å². The molecular formula is C19H16N2O2. The average molecular weight is 304 g/mol. The molecule has 1 atom stereocenters. The number of amides is 1. The number of para-hydroxylation sites is 1. The Kier molecular flexibility index (Phi) is 3.86. The molecule has 1 heterocycles. The number of anilines is 1. The van der Waals surface area contributed by atoms with Crippen molar-refractivity contribution in [2.24, 2.45) is 0 Å². The van der Waals surface area contributed by atoms with Crippen molar-refractivity contribution in [3.8, 4) is 11.8 Å². The largest absolute Gasteiger partial charge is 0.496 e. The Morgan fingerprint density at radius 1 is 1.22 bits per heavy atom. The van der Waals surface area contributed by atoms with Crippen LogP contribution in [0.4, 0.5) is 5.69 Å². The summed E-state index contributed by atoms with van der Waals surface area (Å²) in [6.07, 6.45) is 3.63. The molecule has 0 radical (unpaired) electrons. The first kappa shape index (κ1) is 14.9. The minimum atomic E-state index is -0.622. The van der Waals surface area contributed by atoms with Crippen LogP contribution in [-0.4, -0.2) is 19.1 Å². The smallest absolute Gasteiger partial charge is 0.260 e. The highest BCUT2D eigenvalue weighted by Crippen LogP contribution is 2.31. The van der Waals surface area contributed by atoms with E-state index in [0.717, 1.165) is 16.8 Å². The molecule has 1 aliphatic heterocycles. The predicted molar refractivity (Wildman–Crippen MR) is 89.4 cm³/mol. The molecule has 23 heavy (non-hydrogen) atoms. The molecule has 2 aromatic rings. The van der Waals surface area contributed by atoms with Gasteiger partial charge >= 0.3 is 0 Å². The number of methoxy groups -OCH3 is 1. The van der Waals surface area contributed by atoms with Gasteiger partial charge in [-0.05, 0) is 36.8 Å². The summed E-state index contributed by atoms with van der Waals surface area (Å²) in [5.74, 6) is 0.454. The highest BCUT2D eigenvalue weighted by molar-refractivity contribution is 6.10. The lowest BCUT2D eigenvalue weighted by Gasteiger charge is -2.30. The van der Waals surface area contributed by atoms with Crippen molar-refractivity contribution in [2.45, 2.75) is 13.0 Å². The Balaban J connectivity index is 2.11. The van der Waals surface area contributed by atoms with Crippen LogP contribution in [-0.2, 0) is 0 Å². The Bertz CT molecular complexity index is 834. The van der Waals surface area contributed by atoms with Crippen LogP contribution in [0.1, 0.15) is 21.5 Å². The molecule has 0 aliphatic carbocycles. The highest BCUT2D eigenvalue weighted by atomic mass is 16.5. The molecule has 0 aromatic heterocycles. The number of nitriles is 1. The van der Waals surface area contributed by atoms with Gasteiger partial charge in [-0.25, -0.2) is 0 Å². The number of fused-ring (bicyclic) bond motifs is 1. The number of rotatable bonds is 2. The summed E-state index contributed by atoms with van der Waals surface area (Å²) in [6, 6.07) is 14.5. The van der Waals surface area contributed by atoms with Crippen molar-refractivity contribution in [3.05, 3.63) is 65.2 Å². The van der Waals surface area contributed by atoms with E-state index in [1.165, 1.54) is 4.90 Å². The van der Waals surface area contributed by atoms with E-state index in [0.29, 0.717) is 11.3 Å². The van der Waals surface area contributed by atoms with E-state index in [-0.39, 0.29) is 5.91 Å². The molecule has 4 heteroatoms. The van der Waals surface area contributed by atoms with Gasteiger partial charge in [-0.15, -0.1) is 0 Å². The summed E-state index contributed by atoms with van der Waals surface area (Å²) in [5.41, 5.74) is 2.97. The molecule has 1 amide bonds. The molecule has 1 aliphatic rings. The Morgan fingerprint density at radius 3 is 2.74 bits per heavy atom. The molecule has 0 saturated carbocycles. The first-order valence-corrected chi connectivity index (χ1v) is 7.31. The lowest BCUT2D eigenvalue weighted by molar-refractivity contribution is 0.0984. The topological polar surface area (TPSA) is 53.3 Å². The SMILES string of the molecule is COc1cccc(C(=O)N2c3ccccc3C=CC2C#N)c1C. The van der Waals surface area contributed by atoms with Crippen LogP contribution in [0.2, 0.25) is 0 Å². The molecule has 0 N–H and O–H groups in total. The molecule has 2 aromatic carbocycles. The Hall–Kier alpha value is -3.06. The van der Waals surface area contributed by atoms with Crippen LogP contribution in [0.3, 0.4) is 0 Å². The fourth-order valence-corrected chi connectivity index (χ4v) is 2.81. The zero-order chi connectivity index (χ0) is 16.4. The zero-order valence-corrected chi connectivity index (χ0v) is 13.0. The van der Waals surface area contributed by atoms with Gasteiger partial charge in [0.25, 0.3) is 5.91 Å². The van der Waals surface area contributed by atoms with Gasteiger partial charge in [0.1, 0.15) is 11.8 Å². The molecule has 0 spiro atoms. The van der Waals surface area contributed by atoms with Crippen molar-refractivity contribution < 1.29 is 9.53 Å². The number of carbonyl (C=O) groups excluding carboxylic acids is 1. The molecule has 0 bridgehead atoms. The summed E-state index contributed by atoms with van der Waals surface area (Å²) >= 11 is 0. The van der Waals surface area contributed by atoms with Crippen LogP contribution >= 0.6 is 0 Å². The van der Waals surface area contributed by atoms with E-state index in [2.05, 4.69) is 6.07 Å². The summed E-state index contributed by atoms with van der Waals surface area (Å²) in [5, 5.41) is 9.43. The number of hydrogen-bond donors (Lipinski definition) is 0. The van der Waals surface area contributed by atoms with Gasteiger partial charge in [-0.3, -0.25) is 9.69 Å². The normalized spacial score (nSPS) is 15.7. The molecule has 3 rings (SSSR count). The number of carbonyl (C=O) groups is 1. The van der Waals surface area contributed by atoms with Gasteiger partial charge in [0.2, 0.25) is 0 Å². The minimum absolute atomic E-state index is 0.204. The average Bonchev–Trinajstić information content (AvgIpc) is 2.60. The van der Waals surface area contributed by atoms with Crippen LogP contribution in [0.15, 0.2) is 48.5 Å². The van der Waals surface area contributed by atoms with E-state index in [1.807, 2.05) is 43.3 Å². The van der Waals surface area contributed by atoms with E-state index in [4.69, 9.17) is 4.74 Å². The zero-order valence-electron chi connectivity index (χ0n) is 13.0. The number of benzene rings is 2. The van der Waals surface area contributed by atoms with Gasteiger partial charge in [-0.1, -0.05) is 30.3 Å². The first-order chi connectivity index (χ1) is 11.2. The Labute approximate surface area is 135 Å². The van der Waals surface area contributed by atoms with Crippen molar-refractivity contribution in [1.82, 2.24) is 0 Å². The second-order valence-electron chi connectivity index (χ2n) is 5.30. The Morgan fingerprint density at radius 2 is 2.00 bits per heavy atom. The van der Waals surface area contributed by atoms with E-state index in [1.54, 1.807) is 25.3 Å². The number of nitrogens with zero attached hydrogens (tertiary/aromatic N) is 2. The first-order valence-electron chi connectivity index (χ1n) is 7.31. The second-order valence-corrected chi connectivity index (χ2v) is 5.30.